The molecule has 1 atom stereocenters. The Kier molecular flexibility index (Phi) is 3.72. The molecule has 5 heteroatoms. The van der Waals surface area contributed by atoms with Gasteiger partial charge in [-0.2, -0.15) is 5.10 Å². The van der Waals surface area contributed by atoms with Crippen LogP contribution in [0.2, 0.25) is 0 Å². The van der Waals surface area contributed by atoms with Crippen LogP contribution in [0.3, 0.4) is 0 Å². The van der Waals surface area contributed by atoms with Gasteiger partial charge in [0.25, 0.3) is 0 Å². The molecule has 2 heterocycles. The van der Waals surface area contributed by atoms with E-state index in [1.165, 1.54) is 17.7 Å². The molecule has 3 rings (SSSR count). The van der Waals surface area contributed by atoms with Gasteiger partial charge in [0.2, 0.25) is 0 Å². The van der Waals surface area contributed by atoms with Crippen LogP contribution in [0.15, 0.2) is 36.0 Å². The second kappa shape index (κ2) is 5.55. The number of aromatic nitrogens is 3. The average Bonchev–Trinajstić information content (AvgIpc) is 2.98. The SMILES string of the molecule is CCN1c2ccc(/C=N\n3cnnc3)cc2[C@@H](C)CC1(C)C. The Bertz CT molecular complexity index is 672. The first kappa shape index (κ1) is 14.8. The van der Waals surface area contributed by atoms with Crippen molar-refractivity contribution in [2.75, 3.05) is 11.4 Å². The molecule has 0 fully saturated rings. The lowest BCUT2D eigenvalue weighted by atomic mass is 9.79. The first-order chi connectivity index (χ1) is 10.5. The van der Waals surface area contributed by atoms with E-state index in [-0.39, 0.29) is 5.54 Å². The lowest BCUT2D eigenvalue weighted by molar-refractivity contribution is 0.381. The normalized spacial score (nSPS) is 20.4. The maximum atomic E-state index is 4.33. The number of benzene rings is 1. The van der Waals surface area contributed by atoms with Crippen molar-refractivity contribution in [2.24, 2.45) is 5.10 Å². The third-order valence-corrected chi connectivity index (χ3v) is 4.47. The van der Waals surface area contributed by atoms with Crippen molar-refractivity contribution in [1.29, 1.82) is 0 Å². The molecule has 0 radical (unpaired) electrons. The van der Waals surface area contributed by atoms with Gasteiger partial charge in [-0.1, -0.05) is 13.0 Å². The van der Waals surface area contributed by atoms with E-state index in [1.54, 1.807) is 17.3 Å². The Morgan fingerprint density at radius 2 is 2.05 bits per heavy atom. The fraction of sp³-hybridized carbons (Fsp3) is 0.471. The van der Waals surface area contributed by atoms with Crippen molar-refractivity contribution in [1.82, 2.24) is 14.9 Å². The van der Waals surface area contributed by atoms with E-state index < -0.39 is 0 Å². The maximum absolute atomic E-state index is 4.33. The number of nitrogens with zero attached hydrogens (tertiary/aromatic N) is 5. The zero-order valence-corrected chi connectivity index (χ0v) is 13.7. The standard InChI is InChI=1S/C17H23N5/c1-5-22-16-7-6-14(10-20-21-11-18-19-12-21)8-15(16)13(2)9-17(22,3)4/h6-8,10-13H,5,9H2,1-4H3/b20-10-/t13-/m0/s1. The van der Waals surface area contributed by atoms with E-state index >= 15 is 0 Å². The van der Waals surface area contributed by atoms with Crippen LogP contribution in [0, 0.1) is 0 Å². The van der Waals surface area contributed by atoms with Crippen LogP contribution in [0.1, 0.15) is 51.2 Å². The summed E-state index contributed by atoms with van der Waals surface area (Å²) in [4.78, 5) is 2.50. The molecule has 116 valence electrons. The third-order valence-electron chi connectivity index (χ3n) is 4.47. The second-order valence-corrected chi connectivity index (χ2v) is 6.57. The Balaban J connectivity index is 1.95. The molecule has 0 aliphatic carbocycles. The van der Waals surface area contributed by atoms with Crippen LogP contribution in [0.5, 0.6) is 0 Å². The number of anilines is 1. The summed E-state index contributed by atoms with van der Waals surface area (Å²) in [6.07, 6.45) is 6.18. The third kappa shape index (κ3) is 2.63. The molecule has 5 nitrogen and oxygen atoms in total. The van der Waals surface area contributed by atoms with Crippen molar-refractivity contribution in [3.63, 3.8) is 0 Å². The van der Waals surface area contributed by atoms with Crippen molar-refractivity contribution in [2.45, 2.75) is 45.6 Å². The van der Waals surface area contributed by atoms with E-state index in [0.717, 1.165) is 12.1 Å². The van der Waals surface area contributed by atoms with Gasteiger partial charge < -0.3 is 4.90 Å². The van der Waals surface area contributed by atoms with Gasteiger partial charge in [-0.05, 0) is 56.4 Å². The number of hydrogen-bond donors (Lipinski definition) is 0. The van der Waals surface area contributed by atoms with Crippen LogP contribution in [0.25, 0.3) is 0 Å². The molecular weight excluding hydrogens is 274 g/mol. The summed E-state index contributed by atoms with van der Waals surface area (Å²) in [5.74, 6) is 0.552. The fourth-order valence-corrected chi connectivity index (χ4v) is 3.58. The molecule has 0 spiro atoms. The molecule has 0 bridgehead atoms. The van der Waals surface area contributed by atoms with Gasteiger partial charge >= 0.3 is 0 Å². The zero-order chi connectivity index (χ0) is 15.7. The average molecular weight is 297 g/mol. The largest absolute Gasteiger partial charge is 0.366 e. The van der Waals surface area contributed by atoms with Crippen molar-refractivity contribution < 1.29 is 0 Å². The lowest BCUT2D eigenvalue weighted by Crippen LogP contribution is -2.48. The highest BCUT2D eigenvalue weighted by Crippen LogP contribution is 2.43. The Hall–Kier alpha value is -2.17. The first-order valence-corrected chi connectivity index (χ1v) is 7.82. The minimum Gasteiger partial charge on any atom is -0.366 e. The van der Waals surface area contributed by atoms with Gasteiger partial charge in [-0.3, -0.25) is 0 Å². The molecule has 1 aliphatic rings. The van der Waals surface area contributed by atoms with Gasteiger partial charge in [0.1, 0.15) is 12.7 Å². The van der Waals surface area contributed by atoms with Gasteiger partial charge in [-0.25, -0.2) is 4.68 Å². The van der Waals surface area contributed by atoms with E-state index in [9.17, 15) is 0 Å². The summed E-state index contributed by atoms with van der Waals surface area (Å²) in [5, 5.41) is 11.8. The van der Waals surface area contributed by atoms with Crippen LogP contribution in [0.4, 0.5) is 5.69 Å². The minimum atomic E-state index is 0.208. The molecule has 0 amide bonds. The molecule has 1 aromatic carbocycles. The van der Waals surface area contributed by atoms with Crippen LogP contribution in [-0.4, -0.2) is 33.2 Å². The molecule has 1 aliphatic heterocycles. The van der Waals surface area contributed by atoms with Gasteiger partial charge in [0.05, 0.1) is 6.21 Å². The molecule has 0 saturated heterocycles. The molecule has 0 unspecified atom stereocenters. The molecule has 22 heavy (non-hydrogen) atoms. The van der Waals surface area contributed by atoms with Crippen LogP contribution < -0.4 is 4.90 Å². The van der Waals surface area contributed by atoms with Gasteiger partial charge in [0.15, 0.2) is 0 Å². The topological polar surface area (TPSA) is 46.3 Å². The predicted octanol–water partition coefficient (Wildman–Crippen LogP) is 3.27. The number of hydrogen-bond acceptors (Lipinski definition) is 4. The quantitative estimate of drug-likeness (QED) is 0.817. The molecular formula is C17H23N5. The Labute approximate surface area is 131 Å². The summed E-state index contributed by atoms with van der Waals surface area (Å²) in [5.41, 5.74) is 4.08. The summed E-state index contributed by atoms with van der Waals surface area (Å²) in [7, 11) is 0. The van der Waals surface area contributed by atoms with Crippen molar-refractivity contribution in [3.8, 4) is 0 Å². The highest BCUT2D eigenvalue weighted by Gasteiger charge is 2.35. The smallest absolute Gasteiger partial charge is 0.141 e. The van der Waals surface area contributed by atoms with E-state index in [1.807, 2.05) is 6.21 Å². The van der Waals surface area contributed by atoms with Crippen LogP contribution in [-0.2, 0) is 0 Å². The zero-order valence-electron chi connectivity index (χ0n) is 13.7. The molecule has 0 saturated carbocycles. The Morgan fingerprint density at radius 3 is 2.73 bits per heavy atom. The summed E-state index contributed by atoms with van der Waals surface area (Å²) >= 11 is 0. The fourth-order valence-electron chi connectivity index (χ4n) is 3.58. The van der Waals surface area contributed by atoms with Crippen molar-refractivity contribution >= 4 is 11.9 Å². The second-order valence-electron chi connectivity index (χ2n) is 6.57. The minimum absolute atomic E-state index is 0.208. The van der Waals surface area contributed by atoms with Gasteiger partial charge in [-0.15, -0.1) is 10.2 Å². The molecule has 0 N–H and O–H groups in total. The van der Waals surface area contributed by atoms with E-state index in [0.29, 0.717) is 5.92 Å². The summed E-state index contributed by atoms with van der Waals surface area (Å²) in [6, 6.07) is 6.61. The van der Waals surface area contributed by atoms with E-state index in [2.05, 4.69) is 66.1 Å². The molecule has 2 aromatic rings. The molecule has 1 aromatic heterocycles. The highest BCUT2D eigenvalue weighted by molar-refractivity contribution is 5.81. The monoisotopic (exact) mass is 297 g/mol. The first-order valence-electron chi connectivity index (χ1n) is 7.82. The predicted molar refractivity (Wildman–Crippen MR) is 89.6 cm³/mol. The number of rotatable bonds is 3. The summed E-state index contributed by atoms with van der Waals surface area (Å²) in [6.45, 7) is 10.2. The Morgan fingerprint density at radius 1 is 1.32 bits per heavy atom. The summed E-state index contributed by atoms with van der Waals surface area (Å²) < 4.78 is 1.60. The van der Waals surface area contributed by atoms with Gasteiger partial charge in [0, 0.05) is 17.8 Å². The lowest BCUT2D eigenvalue weighted by Gasteiger charge is -2.47. The van der Waals surface area contributed by atoms with Crippen LogP contribution >= 0.6 is 0 Å². The highest BCUT2D eigenvalue weighted by atomic mass is 15.4. The van der Waals surface area contributed by atoms with Crippen molar-refractivity contribution in [3.05, 3.63) is 42.0 Å². The maximum Gasteiger partial charge on any atom is 0.141 e. The number of fused-ring (bicyclic) bond motifs is 1. The van der Waals surface area contributed by atoms with E-state index in [4.69, 9.17) is 0 Å².